The van der Waals surface area contributed by atoms with Gasteiger partial charge in [-0.2, -0.15) is 0 Å². The van der Waals surface area contributed by atoms with Gasteiger partial charge in [-0.15, -0.1) is 12.6 Å². The normalized spacial score (nSPS) is 11.9. The van der Waals surface area contributed by atoms with Crippen molar-refractivity contribution in [1.29, 1.82) is 0 Å². The number of hydrogen-bond donors (Lipinski definition) is 1. The Morgan fingerprint density at radius 2 is 1.80 bits per heavy atom. The summed E-state index contributed by atoms with van der Waals surface area (Å²) in [6, 6.07) is 6.25. The molecule has 1 radical (unpaired) electrons. The van der Waals surface area contributed by atoms with Crippen LogP contribution in [-0.2, 0) is 5.41 Å². The van der Waals surface area contributed by atoms with Gasteiger partial charge in [-0.1, -0.05) is 26.8 Å². The van der Waals surface area contributed by atoms with Gasteiger partial charge in [-0.3, -0.25) is 0 Å². The molecular formula is C12H19OSSi. The number of benzene rings is 1. The maximum atomic E-state index is 5.81. The first-order chi connectivity index (χ1) is 6.80. The van der Waals surface area contributed by atoms with E-state index in [9.17, 15) is 0 Å². The maximum Gasteiger partial charge on any atom is 0.274 e. The predicted octanol–water partition coefficient (Wildman–Crippen LogP) is 3.90. The Morgan fingerprint density at radius 1 is 1.20 bits per heavy atom. The van der Waals surface area contributed by atoms with Crippen LogP contribution >= 0.6 is 12.6 Å². The van der Waals surface area contributed by atoms with Crippen molar-refractivity contribution in [3.8, 4) is 5.75 Å². The smallest absolute Gasteiger partial charge is 0.274 e. The van der Waals surface area contributed by atoms with E-state index in [1.165, 1.54) is 5.56 Å². The SMILES string of the molecule is C[Si](C)Oc1cc(C(C)(C)C)ccc1S. The van der Waals surface area contributed by atoms with Gasteiger partial charge in [0.05, 0.1) is 0 Å². The summed E-state index contributed by atoms with van der Waals surface area (Å²) in [7, 11) is -0.719. The van der Waals surface area contributed by atoms with Crippen molar-refractivity contribution in [3.63, 3.8) is 0 Å². The number of thiol groups is 1. The van der Waals surface area contributed by atoms with E-state index in [1.54, 1.807) is 0 Å². The topological polar surface area (TPSA) is 9.23 Å². The van der Waals surface area contributed by atoms with E-state index in [2.05, 4.69) is 58.6 Å². The van der Waals surface area contributed by atoms with Crippen LogP contribution in [0, 0.1) is 0 Å². The van der Waals surface area contributed by atoms with Crippen molar-refractivity contribution >= 4 is 21.7 Å². The lowest BCUT2D eigenvalue weighted by Crippen LogP contribution is -2.14. The summed E-state index contributed by atoms with van der Waals surface area (Å²) in [6.07, 6.45) is 0. The molecule has 0 aliphatic rings. The summed E-state index contributed by atoms with van der Waals surface area (Å²) < 4.78 is 5.81. The molecule has 1 aromatic carbocycles. The second kappa shape index (κ2) is 4.62. The summed E-state index contributed by atoms with van der Waals surface area (Å²) in [5.74, 6) is 0.921. The van der Waals surface area contributed by atoms with Crippen LogP contribution < -0.4 is 4.43 Å². The highest BCUT2D eigenvalue weighted by Gasteiger charge is 2.15. The third-order valence-corrected chi connectivity index (χ3v) is 3.14. The highest BCUT2D eigenvalue weighted by Crippen LogP contribution is 2.30. The van der Waals surface area contributed by atoms with Gasteiger partial charge in [0.2, 0.25) is 0 Å². The lowest BCUT2D eigenvalue weighted by molar-refractivity contribution is 0.549. The van der Waals surface area contributed by atoms with Crippen molar-refractivity contribution in [2.75, 3.05) is 0 Å². The Kier molecular flexibility index (Phi) is 3.90. The van der Waals surface area contributed by atoms with E-state index in [-0.39, 0.29) is 5.41 Å². The molecule has 0 atom stereocenters. The van der Waals surface area contributed by atoms with Gasteiger partial charge in [0.15, 0.2) is 0 Å². The first-order valence-electron chi connectivity index (χ1n) is 5.12. The molecule has 0 aliphatic carbocycles. The minimum atomic E-state index is -0.719. The Labute approximate surface area is 100.0 Å². The van der Waals surface area contributed by atoms with Gasteiger partial charge in [0, 0.05) is 4.90 Å². The van der Waals surface area contributed by atoms with Gasteiger partial charge in [-0.05, 0) is 36.2 Å². The van der Waals surface area contributed by atoms with Crippen LogP contribution in [-0.4, -0.2) is 9.04 Å². The molecule has 1 nitrogen and oxygen atoms in total. The summed E-state index contributed by atoms with van der Waals surface area (Å²) in [5.41, 5.74) is 1.45. The number of rotatable bonds is 2. The molecule has 0 heterocycles. The van der Waals surface area contributed by atoms with Gasteiger partial charge in [0.1, 0.15) is 5.75 Å². The van der Waals surface area contributed by atoms with Crippen molar-refractivity contribution in [1.82, 2.24) is 0 Å². The third-order valence-electron chi connectivity index (χ3n) is 2.14. The summed E-state index contributed by atoms with van der Waals surface area (Å²) in [6.45, 7) is 10.9. The van der Waals surface area contributed by atoms with Crippen molar-refractivity contribution < 1.29 is 4.43 Å². The average Bonchev–Trinajstić information content (AvgIpc) is 2.06. The zero-order chi connectivity index (χ0) is 11.6. The molecule has 1 aromatic rings. The minimum absolute atomic E-state index is 0.161. The van der Waals surface area contributed by atoms with Gasteiger partial charge >= 0.3 is 0 Å². The van der Waals surface area contributed by atoms with E-state index >= 15 is 0 Å². The zero-order valence-corrected chi connectivity index (χ0v) is 12.0. The molecule has 0 fully saturated rings. The molecule has 0 saturated heterocycles. The van der Waals surface area contributed by atoms with E-state index < -0.39 is 9.04 Å². The first-order valence-corrected chi connectivity index (χ1v) is 7.98. The zero-order valence-electron chi connectivity index (χ0n) is 10.1. The molecule has 0 aliphatic heterocycles. The van der Waals surface area contributed by atoms with Gasteiger partial charge in [-0.25, -0.2) is 0 Å². The Hall–Kier alpha value is -0.413. The second-order valence-electron chi connectivity index (χ2n) is 4.94. The molecule has 0 spiro atoms. The molecule has 15 heavy (non-hydrogen) atoms. The van der Waals surface area contributed by atoms with Crippen LogP contribution in [0.15, 0.2) is 23.1 Å². The largest absolute Gasteiger partial charge is 0.542 e. The van der Waals surface area contributed by atoms with Crippen molar-refractivity contribution in [2.45, 2.75) is 44.2 Å². The fourth-order valence-corrected chi connectivity index (χ4v) is 2.16. The van der Waals surface area contributed by atoms with Crippen LogP contribution in [0.25, 0.3) is 0 Å². The second-order valence-corrected chi connectivity index (χ2v) is 7.45. The molecule has 0 N–H and O–H groups in total. The Morgan fingerprint density at radius 3 is 2.27 bits per heavy atom. The highest BCUT2D eigenvalue weighted by molar-refractivity contribution is 7.80. The molecular weight excluding hydrogens is 220 g/mol. The lowest BCUT2D eigenvalue weighted by Gasteiger charge is -2.21. The molecule has 3 heteroatoms. The summed E-state index contributed by atoms with van der Waals surface area (Å²) in [5, 5.41) is 0. The standard InChI is InChI=1S/C12H19OSSi/c1-12(2,3)9-6-7-11(14)10(8-9)13-15(4)5/h6-8,14H,1-5H3. The molecule has 1 rings (SSSR count). The van der Waals surface area contributed by atoms with Gasteiger partial charge < -0.3 is 4.43 Å². The van der Waals surface area contributed by atoms with E-state index in [1.807, 2.05) is 6.07 Å². The number of hydrogen-bond acceptors (Lipinski definition) is 2. The highest BCUT2D eigenvalue weighted by atomic mass is 32.1. The van der Waals surface area contributed by atoms with Crippen molar-refractivity contribution in [3.05, 3.63) is 23.8 Å². The summed E-state index contributed by atoms with van der Waals surface area (Å²) in [4.78, 5) is 0.925. The van der Waals surface area contributed by atoms with Crippen LogP contribution in [0.1, 0.15) is 26.3 Å². The van der Waals surface area contributed by atoms with E-state index in [0.29, 0.717) is 0 Å². The maximum absolute atomic E-state index is 5.81. The van der Waals surface area contributed by atoms with Crippen molar-refractivity contribution in [2.24, 2.45) is 0 Å². The minimum Gasteiger partial charge on any atom is -0.542 e. The Bertz CT molecular complexity index is 342. The third kappa shape index (κ3) is 3.58. The molecule has 0 unspecified atom stereocenters. The molecule has 0 bridgehead atoms. The molecule has 0 saturated carbocycles. The summed E-state index contributed by atoms with van der Waals surface area (Å²) >= 11 is 4.41. The molecule has 0 aromatic heterocycles. The van der Waals surface area contributed by atoms with Crippen LogP contribution in [0.2, 0.25) is 13.1 Å². The quantitative estimate of drug-likeness (QED) is 0.608. The first kappa shape index (κ1) is 12.7. The lowest BCUT2D eigenvalue weighted by atomic mass is 9.87. The van der Waals surface area contributed by atoms with E-state index in [0.717, 1.165) is 10.6 Å². The van der Waals surface area contributed by atoms with Crippen LogP contribution in [0.5, 0.6) is 5.75 Å². The molecule has 0 amide bonds. The van der Waals surface area contributed by atoms with Gasteiger partial charge in [0.25, 0.3) is 9.04 Å². The average molecular weight is 239 g/mol. The fourth-order valence-electron chi connectivity index (χ4n) is 1.28. The Balaban J connectivity index is 3.06. The monoisotopic (exact) mass is 239 g/mol. The van der Waals surface area contributed by atoms with Crippen LogP contribution in [0.3, 0.4) is 0 Å². The molecule has 83 valence electrons. The fraction of sp³-hybridized carbons (Fsp3) is 0.500. The van der Waals surface area contributed by atoms with E-state index in [4.69, 9.17) is 4.43 Å². The van der Waals surface area contributed by atoms with Crippen LogP contribution in [0.4, 0.5) is 0 Å². The predicted molar refractivity (Wildman–Crippen MR) is 70.5 cm³/mol.